The molecule has 1 atom stereocenters. The first kappa shape index (κ1) is 24.2. The maximum Gasteiger partial charge on any atom is 0.416 e. The number of aromatic nitrogens is 2. The van der Waals surface area contributed by atoms with E-state index in [9.17, 15) is 23.1 Å². The Morgan fingerprint density at radius 1 is 1.12 bits per heavy atom. The zero-order valence-electron chi connectivity index (χ0n) is 18.7. The molecule has 0 fully saturated rings. The third-order valence-electron chi connectivity index (χ3n) is 5.12. The van der Waals surface area contributed by atoms with Gasteiger partial charge in [0.05, 0.1) is 23.6 Å². The van der Waals surface area contributed by atoms with Crippen LogP contribution in [0.1, 0.15) is 43.5 Å². The maximum atomic E-state index is 12.8. The number of hydrogen-bond acceptors (Lipinski definition) is 4. The van der Waals surface area contributed by atoms with Crippen LogP contribution in [0.2, 0.25) is 0 Å². The van der Waals surface area contributed by atoms with Crippen LogP contribution in [0.4, 0.5) is 13.2 Å². The Morgan fingerprint density at radius 3 is 2.36 bits per heavy atom. The lowest BCUT2D eigenvalue weighted by Crippen LogP contribution is -2.37. The van der Waals surface area contributed by atoms with Crippen molar-refractivity contribution in [2.45, 2.75) is 45.4 Å². The van der Waals surface area contributed by atoms with Crippen molar-refractivity contribution in [3.8, 4) is 17.2 Å². The molecule has 0 radical (unpaired) electrons. The molecule has 1 aromatic heterocycles. The fourth-order valence-electron chi connectivity index (χ4n) is 3.17. The highest BCUT2D eigenvalue weighted by Crippen LogP contribution is 2.30. The largest absolute Gasteiger partial charge is 0.493 e. The Bertz CT molecular complexity index is 1120. The molecule has 2 aromatic carbocycles. The van der Waals surface area contributed by atoms with E-state index in [2.05, 4.69) is 5.10 Å². The summed E-state index contributed by atoms with van der Waals surface area (Å²) in [6.07, 6.45) is -2.61. The molecule has 0 aliphatic carbocycles. The van der Waals surface area contributed by atoms with Crippen molar-refractivity contribution >= 4 is 5.97 Å². The lowest BCUT2D eigenvalue weighted by Gasteiger charge is -2.22. The van der Waals surface area contributed by atoms with E-state index in [0.29, 0.717) is 23.8 Å². The fraction of sp³-hybridized carbons (Fsp3) is 0.333. The lowest BCUT2D eigenvalue weighted by molar-refractivity contribution is -0.152. The molecule has 0 spiro atoms. The molecule has 0 saturated carbocycles. The number of alkyl halides is 3. The summed E-state index contributed by atoms with van der Waals surface area (Å²) in [6, 6.07) is 11.5. The van der Waals surface area contributed by atoms with Crippen LogP contribution in [0.5, 0.6) is 11.5 Å². The van der Waals surface area contributed by atoms with E-state index in [-0.39, 0.29) is 5.92 Å². The summed E-state index contributed by atoms with van der Waals surface area (Å²) < 4.78 is 51.3. The lowest BCUT2D eigenvalue weighted by atomic mass is 10.0. The molecular weight excluding hydrogens is 437 g/mol. The molecule has 1 N–H and O–H groups in total. The molecule has 176 valence electrons. The number of aliphatic carboxylic acids is 1. The quantitative estimate of drug-likeness (QED) is 0.470. The van der Waals surface area contributed by atoms with Gasteiger partial charge < -0.3 is 14.6 Å². The molecule has 1 heterocycles. The van der Waals surface area contributed by atoms with Gasteiger partial charge >= 0.3 is 12.1 Å². The zero-order chi connectivity index (χ0) is 24.4. The van der Waals surface area contributed by atoms with Crippen LogP contribution in [-0.4, -0.2) is 33.1 Å². The predicted octanol–water partition coefficient (Wildman–Crippen LogP) is 5.62. The minimum atomic E-state index is -4.39. The number of benzene rings is 2. The molecule has 33 heavy (non-hydrogen) atoms. The normalized spacial score (nSPS) is 12.9. The molecule has 3 aromatic rings. The molecule has 0 aliphatic rings. The molecule has 0 amide bonds. The van der Waals surface area contributed by atoms with Gasteiger partial charge in [-0.3, -0.25) is 0 Å². The van der Waals surface area contributed by atoms with E-state index in [1.54, 1.807) is 35.1 Å². The van der Waals surface area contributed by atoms with Gasteiger partial charge in [0.15, 0.2) is 5.60 Å². The van der Waals surface area contributed by atoms with Crippen molar-refractivity contribution in [1.82, 2.24) is 9.78 Å². The van der Waals surface area contributed by atoms with E-state index >= 15 is 0 Å². The minimum absolute atomic E-state index is 0.0618. The Labute approximate surface area is 189 Å². The average Bonchev–Trinajstić information content (AvgIpc) is 3.13. The van der Waals surface area contributed by atoms with Gasteiger partial charge in [-0.1, -0.05) is 13.0 Å². The van der Waals surface area contributed by atoms with Gasteiger partial charge in [0.2, 0.25) is 0 Å². The SMILES string of the molecule is Cc1nn(-c2ccc(C(F)(F)F)cc2)cc1C(C)COc1cccc(OC(C)(C)C(=O)O)c1. The highest BCUT2D eigenvalue weighted by molar-refractivity contribution is 5.76. The Kier molecular flexibility index (Phi) is 6.71. The molecule has 9 heteroatoms. The molecular formula is C24H25F3N2O4. The molecule has 0 saturated heterocycles. The van der Waals surface area contributed by atoms with Crippen molar-refractivity contribution in [3.63, 3.8) is 0 Å². The molecule has 3 rings (SSSR count). The summed E-state index contributed by atoms with van der Waals surface area (Å²) in [5.41, 5.74) is 0.0719. The number of carboxylic acid groups (broad SMARTS) is 1. The summed E-state index contributed by atoms with van der Waals surface area (Å²) in [5.74, 6) is -0.247. The van der Waals surface area contributed by atoms with Crippen LogP contribution in [0.15, 0.2) is 54.7 Å². The smallest absolute Gasteiger partial charge is 0.416 e. The van der Waals surface area contributed by atoms with Gasteiger partial charge in [0.25, 0.3) is 0 Å². The molecule has 6 nitrogen and oxygen atoms in total. The average molecular weight is 462 g/mol. The Hall–Kier alpha value is -3.49. The predicted molar refractivity (Wildman–Crippen MR) is 116 cm³/mol. The van der Waals surface area contributed by atoms with E-state index in [4.69, 9.17) is 9.47 Å². The third-order valence-corrected chi connectivity index (χ3v) is 5.12. The number of carboxylic acids is 1. The van der Waals surface area contributed by atoms with Crippen LogP contribution >= 0.6 is 0 Å². The van der Waals surface area contributed by atoms with Crippen molar-refractivity contribution in [2.75, 3.05) is 6.61 Å². The summed E-state index contributed by atoms with van der Waals surface area (Å²) in [5, 5.41) is 13.6. The van der Waals surface area contributed by atoms with Gasteiger partial charge in [-0.25, -0.2) is 9.48 Å². The minimum Gasteiger partial charge on any atom is -0.493 e. The van der Waals surface area contributed by atoms with Crippen LogP contribution in [-0.2, 0) is 11.0 Å². The van der Waals surface area contributed by atoms with Gasteiger partial charge in [-0.2, -0.15) is 18.3 Å². The first-order valence-corrected chi connectivity index (χ1v) is 10.3. The standard InChI is InChI=1S/C24H25F3N2O4/c1-15(14-32-19-6-5-7-20(12-19)33-23(3,4)22(30)31)21-13-29(28-16(21)2)18-10-8-17(9-11-18)24(25,26)27/h5-13,15H,14H2,1-4H3,(H,30,31). The van der Waals surface area contributed by atoms with Crippen molar-refractivity contribution in [3.05, 3.63) is 71.5 Å². The van der Waals surface area contributed by atoms with E-state index in [0.717, 1.165) is 23.4 Å². The third kappa shape index (κ3) is 5.85. The number of ether oxygens (including phenoxy) is 2. The Balaban J connectivity index is 1.68. The Morgan fingerprint density at radius 2 is 1.76 bits per heavy atom. The number of hydrogen-bond donors (Lipinski definition) is 1. The monoisotopic (exact) mass is 462 g/mol. The number of nitrogens with zero attached hydrogens (tertiary/aromatic N) is 2. The van der Waals surface area contributed by atoms with E-state index in [1.165, 1.54) is 26.0 Å². The maximum absolute atomic E-state index is 12.8. The second kappa shape index (κ2) is 9.17. The number of halogens is 3. The summed E-state index contributed by atoms with van der Waals surface area (Å²) in [7, 11) is 0. The zero-order valence-corrected chi connectivity index (χ0v) is 18.7. The number of aryl methyl sites for hydroxylation is 1. The summed E-state index contributed by atoms with van der Waals surface area (Å²) in [4.78, 5) is 11.3. The van der Waals surface area contributed by atoms with Crippen LogP contribution < -0.4 is 9.47 Å². The van der Waals surface area contributed by atoms with Crippen molar-refractivity contribution in [1.29, 1.82) is 0 Å². The van der Waals surface area contributed by atoms with Crippen LogP contribution in [0.3, 0.4) is 0 Å². The molecule has 0 aliphatic heterocycles. The molecule has 1 unspecified atom stereocenters. The first-order chi connectivity index (χ1) is 15.4. The second-order valence-electron chi connectivity index (χ2n) is 8.26. The second-order valence-corrected chi connectivity index (χ2v) is 8.26. The van der Waals surface area contributed by atoms with Crippen molar-refractivity contribution < 1.29 is 32.5 Å². The van der Waals surface area contributed by atoms with Crippen LogP contribution in [0, 0.1) is 6.92 Å². The highest BCUT2D eigenvalue weighted by Gasteiger charge is 2.30. The highest BCUT2D eigenvalue weighted by atomic mass is 19.4. The number of carbonyl (C=O) groups is 1. The van der Waals surface area contributed by atoms with Gasteiger partial charge in [0, 0.05) is 18.2 Å². The topological polar surface area (TPSA) is 73.6 Å². The number of rotatable bonds is 8. The van der Waals surface area contributed by atoms with Gasteiger partial charge in [0.1, 0.15) is 11.5 Å². The van der Waals surface area contributed by atoms with E-state index in [1.807, 2.05) is 13.8 Å². The van der Waals surface area contributed by atoms with Crippen molar-refractivity contribution in [2.24, 2.45) is 0 Å². The van der Waals surface area contributed by atoms with E-state index < -0.39 is 23.3 Å². The fourth-order valence-corrected chi connectivity index (χ4v) is 3.17. The summed E-state index contributed by atoms with van der Waals surface area (Å²) in [6.45, 7) is 7.01. The first-order valence-electron chi connectivity index (χ1n) is 10.3. The van der Waals surface area contributed by atoms with Crippen LogP contribution in [0.25, 0.3) is 5.69 Å². The van der Waals surface area contributed by atoms with Gasteiger partial charge in [-0.05, 0) is 62.7 Å². The summed E-state index contributed by atoms with van der Waals surface area (Å²) >= 11 is 0. The molecule has 0 bridgehead atoms. The van der Waals surface area contributed by atoms with Gasteiger partial charge in [-0.15, -0.1) is 0 Å².